The van der Waals surface area contributed by atoms with Crippen LogP contribution >= 0.6 is 27.7 Å². The zero-order chi connectivity index (χ0) is 12.3. The summed E-state index contributed by atoms with van der Waals surface area (Å²) in [4.78, 5) is 8.14. The zero-order valence-electron chi connectivity index (χ0n) is 9.82. The summed E-state index contributed by atoms with van der Waals surface area (Å²) in [6, 6.07) is 0.504. The van der Waals surface area contributed by atoms with Crippen molar-refractivity contribution in [3.8, 4) is 0 Å². The molecule has 1 aliphatic rings. The number of aromatic nitrogens is 2. The predicted octanol–water partition coefficient (Wildman–Crippen LogP) is 2.91. The Hall–Kier alpha value is -0.490. The molecule has 94 valence electrons. The molecule has 0 aliphatic heterocycles. The lowest BCUT2D eigenvalue weighted by molar-refractivity contribution is 0.472. The Balaban J connectivity index is 1.95. The Morgan fingerprint density at radius 3 is 2.76 bits per heavy atom. The van der Waals surface area contributed by atoms with Crippen LogP contribution in [0.1, 0.15) is 25.7 Å². The van der Waals surface area contributed by atoms with Crippen LogP contribution in [0.2, 0.25) is 0 Å². The van der Waals surface area contributed by atoms with Crippen molar-refractivity contribution in [1.29, 1.82) is 0 Å². The fourth-order valence-electron chi connectivity index (χ4n) is 2.12. The molecule has 1 aliphatic carbocycles. The summed E-state index contributed by atoms with van der Waals surface area (Å²) in [5, 5.41) is 4.27. The first-order chi connectivity index (χ1) is 8.19. The quantitative estimate of drug-likeness (QED) is 0.897. The van der Waals surface area contributed by atoms with Crippen LogP contribution in [0.3, 0.4) is 0 Å². The molecular formula is C11H17BrN4S. The minimum Gasteiger partial charge on any atom is -0.368 e. The molecule has 17 heavy (non-hydrogen) atoms. The number of nitrogens with two attached hydrogens (primary N) is 1. The van der Waals surface area contributed by atoms with E-state index in [1.54, 1.807) is 6.20 Å². The highest BCUT2D eigenvalue weighted by Crippen LogP contribution is 2.29. The van der Waals surface area contributed by atoms with Crippen molar-refractivity contribution in [2.75, 3.05) is 17.3 Å². The molecule has 0 bridgehead atoms. The monoisotopic (exact) mass is 316 g/mol. The maximum Gasteiger partial charge on any atom is 0.221 e. The maximum absolute atomic E-state index is 5.59. The summed E-state index contributed by atoms with van der Waals surface area (Å²) in [5.74, 6) is 1.12. The van der Waals surface area contributed by atoms with Crippen LogP contribution in [0.15, 0.2) is 10.7 Å². The van der Waals surface area contributed by atoms with Gasteiger partial charge in [0.2, 0.25) is 5.95 Å². The van der Waals surface area contributed by atoms with E-state index in [0.29, 0.717) is 12.0 Å². The van der Waals surface area contributed by atoms with E-state index < -0.39 is 0 Å². The SMILES string of the molecule is CSC1CCC(Nc2nc(N)ncc2Br)CC1. The third-order valence-electron chi connectivity index (χ3n) is 3.11. The van der Waals surface area contributed by atoms with Gasteiger partial charge in [-0.2, -0.15) is 16.7 Å². The smallest absolute Gasteiger partial charge is 0.221 e. The van der Waals surface area contributed by atoms with Crippen molar-refractivity contribution in [3.63, 3.8) is 0 Å². The average Bonchev–Trinajstić information content (AvgIpc) is 2.35. The van der Waals surface area contributed by atoms with Gasteiger partial charge in [0.25, 0.3) is 0 Å². The van der Waals surface area contributed by atoms with Crippen molar-refractivity contribution in [3.05, 3.63) is 10.7 Å². The second-order valence-corrected chi connectivity index (χ2v) is 6.27. The van der Waals surface area contributed by atoms with Gasteiger partial charge in [-0.25, -0.2) is 4.98 Å². The van der Waals surface area contributed by atoms with Crippen LogP contribution in [0.5, 0.6) is 0 Å². The van der Waals surface area contributed by atoms with Gasteiger partial charge in [0.15, 0.2) is 0 Å². The van der Waals surface area contributed by atoms with Crippen LogP contribution in [0.4, 0.5) is 11.8 Å². The third kappa shape index (κ3) is 3.48. The number of nitrogen functional groups attached to an aromatic ring is 1. The normalized spacial score (nSPS) is 24.6. The summed E-state index contributed by atoms with van der Waals surface area (Å²) < 4.78 is 0.874. The average molecular weight is 317 g/mol. The molecule has 1 saturated carbocycles. The molecule has 2 rings (SSSR count). The van der Waals surface area contributed by atoms with Gasteiger partial charge in [0, 0.05) is 17.5 Å². The van der Waals surface area contributed by atoms with Gasteiger partial charge in [-0.05, 0) is 47.9 Å². The number of hydrogen-bond donors (Lipinski definition) is 2. The molecule has 0 saturated heterocycles. The van der Waals surface area contributed by atoms with Crippen LogP contribution in [0.25, 0.3) is 0 Å². The lowest BCUT2D eigenvalue weighted by Crippen LogP contribution is -2.27. The molecule has 1 aromatic rings. The lowest BCUT2D eigenvalue weighted by atomic mass is 9.95. The first-order valence-electron chi connectivity index (χ1n) is 5.76. The van der Waals surface area contributed by atoms with Gasteiger partial charge in [0.1, 0.15) is 5.82 Å². The second kappa shape index (κ2) is 5.91. The van der Waals surface area contributed by atoms with E-state index in [0.717, 1.165) is 15.5 Å². The van der Waals surface area contributed by atoms with Crippen molar-refractivity contribution in [2.24, 2.45) is 0 Å². The second-order valence-electron chi connectivity index (χ2n) is 4.28. The van der Waals surface area contributed by atoms with E-state index in [4.69, 9.17) is 5.73 Å². The first-order valence-corrected chi connectivity index (χ1v) is 7.84. The summed E-state index contributed by atoms with van der Waals surface area (Å²) in [6.07, 6.45) is 8.83. The van der Waals surface area contributed by atoms with Crippen molar-refractivity contribution >= 4 is 39.5 Å². The Labute approximate surface area is 114 Å². The molecular weight excluding hydrogens is 300 g/mol. The highest BCUT2D eigenvalue weighted by atomic mass is 79.9. The minimum atomic E-state index is 0.313. The number of anilines is 2. The summed E-state index contributed by atoms with van der Waals surface area (Å²) >= 11 is 5.41. The largest absolute Gasteiger partial charge is 0.368 e. The molecule has 6 heteroatoms. The molecule has 1 fully saturated rings. The van der Waals surface area contributed by atoms with E-state index in [9.17, 15) is 0 Å². The maximum atomic E-state index is 5.59. The predicted molar refractivity (Wildman–Crippen MR) is 77.3 cm³/mol. The fraction of sp³-hybridized carbons (Fsp3) is 0.636. The molecule has 1 heterocycles. The fourth-order valence-corrected chi connectivity index (χ4v) is 3.17. The van der Waals surface area contributed by atoms with Crippen LogP contribution < -0.4 is 11.1 Å². The van der Waals surface area contributed by atoms with Crippen LogP contribution in [0, 0.1) is 0 Å². The van der Waals surface area contributed by atoms with Crippen LogP contribution in [-0.4, -0.2) is 27.5 Å². The lowest BCUT2D eigenvalue weighted by Gasteiger charge is -2.28. The molecule has 0 unspecified atom stereocenters. The summed E-state index contributed by atoms with van der Waals surface area (Å²) in [5.41, 5.74) is 5.59. The molecule has 0 atom stereocenters. The van der Waals surface area contributed by atoms with Crippen molar-refractivity contribution in [2.45, 2.75) is 37.0 Å². The number of nitrogens with one attached hydrogen (secondary N) is 1. The Bertz CT molecular complexity index is 380. The van der Waals surface area contributed by atoms with E-state index in [1.165, 1.54) is 25.7 Å². The van der Waals surface area contributed by atoms with Gasteiger partial charge in [-0.15, -0.1) is 0 Å². The van der Waals surface area contributed by atoms with Crippen LogP contribution in [-0.2, 0) is 0 Å². The highest BCUT2D eigenvalue weighted by Gasteiger charge is 2.21. The molecule has 0 aromatic carbocycles. The van der Waals surface area contributed by atoms with Gasteiger partial charge < -0.3 is 11.1 Å². The van der Waals surface area contributed by atoms with Crippen molar-refractivity contribution < 1.29 is 0 Å². The van der Waals surface area contributed by atoms with E-state index in [-0.39, 0.29) is 0 Å². The number of nitrogens with zero attached hydrogens (tertiary/aromatic N) is 2. The molecule has 0 radical (unpaired) electrons. The summed E-state index contributed by atoms with van der Waals surface area (Å²) in [6.45, 7) is 0. The standard InChI is InChI=1S/C11H17BrN4S/c1-17-8-4-2-7(3-5-8)15-10-9(12)6-14-11(13)16-10/h6-8H,2-5H2,1H3,(H3,13,14,15,16). The van der Waals surface area contributed by atoms with Gasteiger partial charge in [-0.3, -0.25) is 0 Å². The molecule has 0 spiro atoms. The Morgan fingerprint density at radius 2 is 2.12 bits per heavy atom. The zero-order valence-corrected chi connectivity index (χ0v) is 12.2. The minimum absolute atomic E-state index is 0.313. The third-order valence-corrected chi connectivity index (χ3v) is 4.83. The number of thioether (sulfide) groups is 1. The van der Waals surface area contributed by atoms with E-state index in [2.05, 4.69) is 37.5 Å². The number of rotatable bonds is 3. The van der Waals surface area contributed by atoms with E-state index in [1.807, 2.05) is 11.8 Å². The molecule has 1 aromatic heterocycles. The molecule has 4 nitrogen and oxygen atoms in total. The van der Waals surface area contributed by atoms with Gasteiger partial charge >= 0.3 is 0 Å². The highest BCUT2D eigenvalue weighted by molar-refractivity contribution is 9.10. The topological polar surface area (TPSA) is 63.8 Å². The number of halogens is 1. The molecule has 0 amide bonds. The first kappa shape index (κ1) is 13.0. The Morgan fingerprint density at radius 1 is 1.41 bits per heavy atom. The van der Waals surface area contributed by atoms with Crippen molar-refractivity contribution in [1.82, 2.24) is 9.97 Å². The molecule has 3 N–H and O–H groups in total. The van der Waals surface area contributed by atoms with E-state index >= 15 is 0 Å². The van der Waals surface area contributed by atoms with Gasteiger partial charge in [-0.1, -0.05) is 0 Å². The van der Waals surface area contributed by atoms with Gasteiger partial charge in [0.05, 0.1) is 4.47 Å². The number of hydrogen-bond acceptors (Lipinski definition) is 5. The Kier molecular flexibility index (Phi) is 4.50. The summed E-state index contributed by atoms with van der Waals surface area (Å²) in [7, 11) is 0.